The van der Waals surface area contributed by atoms with Gasteiger partial charge in [0.05, 0.1) is 10.6 Å². The summed E-state index contributed by atoms with van der Waals surface area (Å²) in [4.78, 5) is 16.5. The minimum atomic E-state index is -0.180. The Morgan fingerprint density at radius 2 is 1.92 bits per heavy atom. The van der Waals surface area contributed by atoms with E-state index in [2.05, 4.69) is 20.9 Å². The highest BCUT2D eigenvalue weighted by Gasteiger charge is 2.08. The fourth-order valence-electron chi connectivity index (χ4n) is 1.94. The Kier molecular flexibility index (Phi) is 10.6. The molecule has 0 unspecified atom stereocenters. The van der Waals surface area contributed by atoms with Crippen LogP contribution in [0.25, 0.3) is 0 Å². The van der Waals surface area contributed by atoms with Crippen LogP contribution in [-0.4, -0.2) is 51.3 Å². The van der Waals surface area contributed by atoms with E-state index < -0.39 is 0 Å². The third-order valence-corrected chi connectivity index (χ3v) is 3.42. The van der Waals surface area contributed by atoms with Gasteiger partial charge < -0.3 is 20.7 Å². The van der Waals surface area contributed by atoms with Crippen LogP contribution in [0.1, 0.15) is 30.6 Å². The lowest BCUT2D eigenvalue weighted by atomic mass is 10.2. The van der Waals surface area contributed by atoms with Crippen LogP contribution >= 0.6 is 11.6 Å². The molecule has 1 rings (SSSR count). The van der Waals surface area contributed by atoms with Crippen LogP contribution in [0, 0.1) is 0 Å². The molecule has 0 aliphatic heterocycles. The largest absolute Gasteiger partial charge is 0.382 e. The number of halogens is 1. The van der Waals surface area contributed by atoms with Crippen LogP contribution in [-0.2, 0) is 4.74 Å². The van der Waals surface area contributed by atoms with E-state index >= 15 is 0 Å². The molecule has 0 radical (unpaired) electrons. The lowest BCUT2D eigenvalue weighted by molar-refractivity contribution is 0.0954. The van der Waals surface area contributed by atoms with E-state index in [1.54, 1.807) is 24.3 Å². The number of amides is 1. The fourth-order valence-corrected chi connectivity index (χ4v) is 2.16. The van der Waals surface area contributed by atoms with Gasteiger partial charge in [-0.15, -0.1) is 0 Å². The van der Waals surface area contributed by atoms with Gasteiger partial charge in [0, 0.05) is 39.4 Å². The van der Waals surface area contributed by atoms with Crippen LogP contribution in [0.3, 0.4) is 0 Å². The minimum absolute atomic E-state index is 0.180. The van der Waals surface area contributed by atoms with Crippen LogP contribution in [0.4, 0.5) is 0 Å². The summed E-state index contributed by atoms with van der Waals surface area (Å²) in [5.74, 6) is 0.557. The zero-order valence-electron chi connectivity index (χ0n) is 14.4. The van der Waals surface area contributed by atoms with Crippen molar-refractivity contribution in [3.05, 3.63) is 34.9 Å². The molecule has 1 amide bonds. The summed E-state index contributed by atoms with van der Waals surface area (Å²) in [5, 5.41) is 9.63. The number of guanidine groups is 1. The molecule has 0 aliphatic rings. The zero-order valence-corrected chi connectivity index (χ0v) is 15.2. The number of hydrogen-bond donors (Lipinski definition) is 3. The average molecular weight is 355 g/mol. The lowest BCUT2D eigenvalue weighted by Crippen LogP contribution is -2.41. The minimum Gasteiger partial charge on any atom is -0.382 e. The van der Waals surface area contributed by atoms with Gasteiger partial charge in [-0.3, -0.25) is 9.79 Å². The molecule has 7 heteroatoms. The third-order valence-electron chi connectivity index (χ3n) is 3.09. The summed E-state index contributed by atoms with van der Waals surface area (Å²) in [6.07, 6.45) is 0.883. The van der Waals surface area contributed by atoms with Crippen molar-refractivity contribution in [3.63, 3.8) is 0 Å². The Morgan fingerprint density at radius 3 is 2.62 bits per heavy atom. The lowest BCUT2D eigenvalue weighted by Gasteiger charge is -2.12. The van der Waals surface area contributed by atoms with Gasteiger partial charge in [-0.2, -0.15) is 0 Å². The Hall–Kier alpha value is -1.79. The number of hydrogen-bond acceptors (Lipinski definition) is 3. The number of aliphatic imine (C=N–C) groups is 1. The second kappa shape index (κ2) is 12.6. The summed E-state index contributed by atoms with van der Waals surface area (Å²) in [5.41, 5.74) is 0.482. The number of benzene rings is 1. The van der Waals surface area contributed by atoms with Crippen molar-refractivity contribution in [1.29, 1.82) is 0 Å². The van der Waals surface area contributed by atoms with Crippen LogP contribution < -0.4 is 16.0 Å². The first-order chi connectivity index (χ1) is 11.7. The Morgan fingerprint density at radius 1 is 1.17 bits per heavy atom. The molecule has 0 bridgehead atoms. The molecule has 0 heterocycles. The van der Waals surface area contributed by atoms with Gasteiger partial charge in [0.2, 0.25) is 0 Å². The van der Waals surface area contributed by atoms with Crippen molar-refractivity contribution in [2.45, 2.75) is 20.3 Å². The van der Waals surface area contributed by atoms with E-state index in [1.165, 1.54) is 0 Å². The molecular formula is C17H27ClN4O2. The first kappa shape index (κ1) is 20.3. The molecule has 6 nitrogen and oxygen atoms in total. The van der Waals surface area contributed by atoms with Crippen molar-refractivity contribution in [2.24, 2.45) is 4.99 Å². The molecule has 0 saturated heterocycles. The summed E-state index contributed by atoms with van der Waals surface area (Å²) in [7, 11) is 0. The van der Waals surface area contributed by atoms with Crippen molar-refractivity contribution in [3.8, 4) is 0 Å². The molecule has 0 fully saturated rings. The van der Waals surface area contributed by atoms with Crippen molar-refractivity contribution in [1.82, 2.24) is 16.0 Å². The fraction of sp³-hybridized carbons (Fsp3) is 0.529. The predicted octanol–water partition coefficient (Wildman–Crippen LogP) is 2.05. The maximum absolute atomic E-state index is 12.0. The average Bonchev–Trinajstić information content (AvgIpc) is 2.58. The molecule has 24 heavy (non-hydrogen) atoms. The van der Waals surface area contributed by atoms with Crippen LogP contribution in [0.15, 0.2) is 29.3 Å². The standard InChI is InChI=1S/C17H27ClN4O2/c1-3-19-17(21-10-7-13-24-4-2)22-12-11-20-16(23)14-8-5-6-9-15(14)18/h5-6,8-9H,3-4,7,10-13H2,1-2H3,(H,20,23)(H2,19,21,22). The Bertz CT molecular complexity index is 523. The summed E-state index contributed by atoms with van der Waals surface area (Å²) in [6.45, 7) is 7.97. The quantitative estimate of drug-likeness (QED) is 0.341. The van der Waals surface area contributed by atoms with Crippen molar-refractivity contribution >= 4 is 23.5 Å². The van der Waals surface area contributed by atoms with E-state index in [-0.39, 0.29) is 5.91 Å². The van der Waals surface area contributed by atoms with E-state index in [0.717, 1.165) is 25.5 Å². The van der Waals surface area contributed by atoms with Gasteiger partial charge in [0.15, 0.2) is 5.96 Å². The zero-order chi connectivity index (χ0) is 17.6. The first-order valence-electron chi connectivity index (χ1n) is 8.31. The van der Waals surface area contributed by atoms with E-state index in [9.17, 15) is 4.79 Å². The molecule has 0 atom stereocenters. The second-order valence-electron chi connectivity index (χ2n) is 4.97. The predicted molar refractivity (Wildman–Crippen MR) is 98.9 cm³/mol. The van der Waals surface area contributed by atoms with E-state index in [1.807, 2.05) is 13.8 Å². The van der Waals surface area contributed by atoms with Gasteiger partial charge >= 0.3 is 0 Å². The van der Waals surface area contributed by atoms with Crippen molar-refractivity contribution in [2.75, 3.05) is 39.4 Å². The molecule has 0 spiro atoms. The summed E-state index contributed by atoms with van der Waals surface area (Å²) in [6, 6.07) is 6.99. The number of ether oxygens (including phenoxy) is 1. The number of carbonyl (C=O) groups excluding carboxylic acids is 1. The van der Waals surface area contributed by atoms with Crippen LogP contribution in [0.2, 0.25) is 5.02 Å². The molecule has 0 saturated carbocycles. The topological polar surface area (TPSA) is 74.8 Å². The maximum Gasteiger partial charge on any atom is 0.252 e. The normalized spacial score (nSPS) is 11.2. The molecule has 0 aliphatic carbocycles. The first-order valence-corrected chi connectivity index (χ1v) is 8.69. The molecule has 1 aromatic carbocycles. The number of carbonyl (C=O) groups is 1. The van der Waals surface area contributed by atoms with Gasteiger partial charge in [0.1, 0.15) is 0 Å². The Balaban J connectivity index is 2.30. The number of nitrogens with one attached hydrogen (secondary N) is 3. The van der Waals surface area contributed by atoms with Gasteiger partial charge in [-0.25, -0.2) is 0 Å². The molecule has 134 valence electrons. The summed E-state index contributed by atoms with van der Waals surface area (Å²) >= 11 is 6.00. The smallest absolute Gasteiger partial charge is 0.252 e. The molecular weight excluding hydrogens is 328 g/mol. The Labute approximate surface area is 149 Å². The maximum atomic E-state index is 12.0. The number of rotatable bonds is 10. The summed E-state index contributed by atoms with van der Waals surface area (Å²) < 4.78 is 5.28. The molecule has 0 aromatic heterocycles. The van der Waals surface area contributed by atoms with E-state index in [0.29, 0.717) is 36.8 Å². The third kappa shape index (κ3) is 8.17. The highest BCUT2D eigenvalue weighted by atomic mass is 35.5. The second-order valence-corrected chi connectivity index (χ2v) is 5.38. The molecule has 1 aromatic rings. The highest BCUT2D eigenvalue weighted by molar-refractivity contribution is 6.33. The monoisotopic (exact) mass is 354 g/mol. The van der Waals surface area contributed by atoms with Crippen molar-refractivity contribution < 1.29 is 9.53 Å². The SMILES string of the molecule is CCNC(=NCCCOCC)NCCNC(=O)c1ccccc1Cl. The van der Waals surface area contributed by atoms with Crippen LogP contribution in [0.5, 0.6) is 0 Å². The highest BCUT2D eigenvalue weighted by Crippen LogP contribution is 2.14. The van der Waals surface area contributed by atoms with Gasteiger partial charge in [-0.05, 0) is 32.4 Å². The van der Waals surface area contributed by atoms with Gasteiger partial charge in [0.25, 0.3) is 5.91 Å². The van der Waals surface area contributed by atoms with E-state index in [4.69, 9.17) is 16.3 Å². The number of nitrogens with zero attached hydrogens (tertiary/aromatic N) is 1. The molecule has 3 N–H and O–H groups in total. The van der Waals surface area contributed by atoms with Gasteiger partial charge in [-0.1, -0.05) is 23.7 Å².